The summed E-state index contributed by atoms with van der Waals surface area (Å²) in [6, 6.07) is 15.6. The van der Waals surface area contributed by atoms with E-state index in [1.165, 1.54) is 11.4 Å². The van der Waals surface area contributed by atoms with Gasteiger partial charge in [-0.2, -0.15) is 0 Å². The van der Waals surface area contributed by atoms with E-state index in [9.17, 15) is 13.6 Å². The Labute approximate surface area is 251 Å². The van der Waals surface area contributed by atoms with Crippen LogP contribution in [0.3, 0.4) is 0 Å². The molecule has 9 nitrogen and oxygen atoms in total. The van der Waals surface area contributed by atoms with E-state index in [0.717, 1.165) is 60.5 Å². The van der Waals surface area contributed by atoms with Gasteiger partial charge in [-0.1, -0.05) is 58.0 Å². The number of nitrogens with one attached hydrogen (secondary N) is 1. The fourth-order valence-electron chi connectivity index (χ4n) is 5.12. The summed E-state index contributed by atoms with van der Waals surface area (Å²) in [5, 5.41) is 4.94. The molecule has 3 aromatic carbocycles. The van der Waals surface area contributed by atoms with E-state index in [4.69, 9.17) is 14.2 Å². The van der Waals surface area contributed by atoms with E-state index in [1.54, 1.807) is 0 Å². The number of carbonyl (C=O) groups excluding carboxylic acids is 1. The fraction of sp³-hybridized carbons (Fsp3) is 0.469. The third-order valence-corrected chi connectivity index (χ3v) is 8.15. The highest BCUT2D eigenvalue weighted by Gasteiger charge is 2.25. The highest BCUT2D eigenvalue weighted by molar-refractivity contribution is 7.80. The second kappa shape index (κ2) is 14.3. The number of hydrogen-bond donors (Lipinski definition) is 2. The van der Waals surface area contributed by atoms with Crippen LogP contribution in [0.1, 0.15) is 45.2 Å². The summed E-state index contributed by atoms with van der Waals surface area (Å²) >= 11 is -2.26. The van der Waals surface area contributed by atoms with Crippen molar-refractivity contribution in [1.82, 2.24) is 4.90 Å². The first-order valence-electron chi connectivity index (χ1n) is 14.5. The molecule has 1 unspecified atom stereocenters. The van der Waals surface area contributed by atoms with Crippen LogP contribution in [-0.2, 0) is 32.6 Å². The van der Waals surface area contributed by atoms with Gasteiger partial charge < -0.3 is 19.5 Å². The fourth-order valence-corrected chi connectivity index (χ4v) is 5.76. The molecule has 1 heterocycles. The van der Waals surface area contributed by atoms with Crippen LogP contribution in [0.4, 0.5) is 11.4 Å². The zero-order valence-corrected chi connectivity index (χ0v) is 26.1. The topological polar surface area (TPSA) is 101 Å². The average molecular weight is 598 g/mol. The molecule has 0 radical (unpaired) electrons. The number of morpholine rings is 1. The third kappa shape index (κ3) is 7.80. The first-order chi connectivity index (χ1) is 20.1. The lowest BCUT2D eigenvalue weighted by molar-refractivity contribution is -0.115. The lowest BCUT2D eigenvalue weighted by Gasteiger charge is -2.28. The van der Waals surface area contributed by atoms with Gasteiger partial charge in [0.05, 0.1) is 38.1 Å². The van der Waals surface area contributed by atoms with Crippen LogP contribution in [0.15, 0.2) is 48.5 Å². The highest BCUT2D eigenvalue weighted by atomic mass is 32.2. The van der Waals surface area contributed by atoms with Gasteiger partial charge in [0.2, 0.25) is 5.91 Å². The molecule has 0 aliphatic carbocycles. The first-order valence-corrected chi connectivity index (χ1v) is 15.5. The Balaban J connectivity index is 1.58. The van der Waals surface area contributed by atoms with Gasteiger partial charge in [0.1, 0.15) is 12.4 Å². The Morgan fingerprint density at radius 1 is 1.12 bits per heavy atom. The summed E-state index contributed by atoms with van der Waals surface area (Å²) in [5.74, 6) is 0.921. The predicted octanol–water partition coefficient (Wildman–Crippen LogP) is 5.39. The largest absolute Gasteiger partial charge is 0.492 e. The molecule has 4 rings (SSSR count). The summed E-state index contributed by atoms with van der Waals surface area (Å²) in [6.45, 7) is 13.2. The molecular weight excluding hydrogens is 554 g/mol. The van der Waals surface area contributed by atoms with Crippen molar-refractivity contribution in [3.8, 4) is 11.5 Å². The van der Waals surface area contributed by atoms with Crippen molar-refractivity contribution in [3.63, 3.8) is 0 Å². The number of fused-ring (bicyclic) bond motifs is 1. The van der Waals surface area contributed by atoms with Gasteiger partial charge in [-0.25, -0.2) is 4.21 Å². The van der Waals surface area contributed by atoms with Crippen molar-refractivity contribution >= 4 is 39.3 Å². The number of nitrogens with zero attached hydrogens (tertiary/aromatic N) is 2. The number of carbonyl (C=O) groups is 1. The van der Waals surface area contributed by atoms with Crippen LogP contribution in [0.25, 0.3) is 10.8 Å². The zero-order chi connectivity index (χ0) is 30.3. The molecule has 1 saturated heterocycles. The minimum atomic E-state index is -2.26. The van der Waals surface area contributed by atoms with Crippen molar-refractivity contribution in [1.29, 1.82) is 0 Å². The van der Waals surface area contributed by atoms with E-state index in [2.05, 4.69) is 31.0 Å². The van der Waals surface area contributed by atoms with Crippen LogP contribution in [0.5, 0.6) is 11.5 Å². The summed E-state index contributed by atoms with van der Waals surface area (Å²) < 4.78 is 41.0. The molecule has 1 atom stereocenters. The van der Waals surface area contributed by atoms with Crippen molar-refractivity contribution in [2.45, 2.75) is 46.0 Å². The number of anilines is 2. The molecule has 0 bridgehead atoms. The number of methoxy groups -OCH3 is 1. The number of ether oxygens (including phenoxy) is 3. The molecule has 2 N–H and O–H groups in total. The SMILES string of the molecule is CCCN(c1cc(C(C)(C)C)cc(NC(=O)Cc2ccc(OCCN3CCOCC3)c3ccccc23)c1OC)S(=O)O. The molecule has 42 heavy (non-hydrogen) atoms. The van der Waals surface area contributed by atoms with Gasteiger partial charge in [0.15, 0.2) is 5.75 Å². The first kappa shape index (κ1) is 31.7. The van der Waals surface area contributed by atoms with Crippen LogP contribution in [0.2, 0.25) is 0 Å². The number of benzene rings is 3. The molecule has 10 heteroatoms. The number of amides is 1. The Bertz CT molecular complexity index is 1400. The van der Waals surface area contributed by atoms with E-state index in [1.807, 2.05) is 55.5 Å². The molecule has 228 valence electrons. The lowest BCUT2D eigenvalue weighted by atomic mass is 9.86. The van der Waals surface area contributed by atoms with Gasteiger partial charge in [0.25, 0.3) is 11.3 Å². The lowest BCUT2D eigenvalue weighted by Crippen LogP contribution is -2.38. The van der Waals surface area contributed by atoms with Crippen molar-refractivity contribution in [2.24, 2.45) is 0 Å². The van der Waals surface area contributed by atoms with Crippen molar-refractivity contribution in [2.75, 3.05) is 62.7 Å². The Kier molecular flexibility index (Phi) is 10.8. The molecule has 1 amide bonds. The van der Waals surface area contributed by atoms with Crippen LogP contribution < -0.4 is 19.1 Å². The van der Waals surface area contributed by atoms with Crippen molar-refractivity contribution in [3.05, 3.63) is 59.7 Å². The molecule has 1 fully saturated rings. The quantitative estimate of drug-likeness (QED) is 0.270. The van der Waals surface area contributed by atoms with E-state index in [-0.39, 0.29) is 17.7 Å². The van der Waals surface area contributed by atoms with Crippen molar-refractivity contribution < 1.29 is 27.8 Å². The Morgan fingerprint density at radius 3 is 2.48 bits per heavy atom. The summed E-state index contributed by atoms with van der Waals surface area (Å²) in [4.78, 5) is 15.8. The second-order valence-electron chi connectivity index (χ2n) is 11.5. The Morgan fingerprint density at radius 2 is 1.83 bits per heavy atom. The van der Waals surface area contributed by atoms with Crippen LogP contribution in [-0.4, -0.2) is 72.7 Å². The maximum Gasteiger partial charge on any atom is 0.261 e. The number of hydrogen-bond acceptors (Lipinski definition) is 6. The van der Waals surface area contributed by atoms with Crippen LogP contribution in [0, 0.1) is 0 Å². The van der Waals surface area contributed by atoms with Gasteiger partial charge >= 0.3 is 0 Å². The normalized spacial score (nSPS) is 14.9. The number of rotatable bonds is 12. The summed E-state index contributed by atoms with van der Waals surface area (Å²) in [5.41, 5.74) is 2.43. The molecule has 1 aliphatic rings. The molecule has 0 spiro atoms. The minimum absolute atomic E-state index is 0.136. The van der Waals surface area contributed by atoms with Gasteiger partial charge in [-0.05, 0) is 46.5 Å². The monoisotopic (exact) mass is 597 g/mol. The maximum absolute atomic E-state index is 13.5. The van der Waals surface area contributed by atoms with E-state index >= 15 is 0 Å². The highest BCUT2D eigenvalue weighted by Crippen LogP contribution is 2.41. The smallest absolute Gasteiger partial charge is 0.261 e. The Hall–Kier alpha value is -3.18. The van der Waals surface area contributed by atoms with E-state index < -0.39 is 11.3 Å². The van der Waals surface area contributed by atoms with Crippen LogP contribution >= 0.6 is 0 Å². The third-order valence-electron chi connectivity index (χ3n) is 7.39. The zero-order valence-electron chi connectivity index (χ0n) is 25.3. The van der Waals surface area contributed by atoms with E-state index in [0.29, 0.717) is 36.7 Å². The van der Waals surface area contributed by atoms with Gasteiger partial charge in [0, 0.05) is 31.6 Å². The molecule has 0 saturated carbocycles. The molecule has 1 aliphatic heterocycles. The molecule has 0 aromatic heterocycles. The average Bonchev–Trinajstić information content (AvgIpc) is 2.96. The van der Waals surface area contributed by atoms with Gasteiger partial charge in [-0.15, -0.1) is 0 Å². The standard InChI is InChI=1S/C32H43N3O6S/c1-6-13-35(42(37)38)28-22-24(32(2,3)4)21-27(31(28)39-5)33-30(36)20-23-11-12-29(26-10-8-7-9-25(23)26)41-19-16-34-14-17-40-18-15-34/h7-12,21-22H,6,13-20H2,1-5H3,(H,33,36)(H,37,38). The summed E-state index contributed by atoms with van der Waals surface area (Å²) in [6.07, 6.45) is 0.800. The van der Waals surface area contributed by atoms with Gasteiger partial charge in [-0.3, -0.25) is 18.6 Å². The maximum atomic E-state index is 13.5. The summed E-state index contributed by atoms with van der Waals surface area (Å²) in [7, 11) is 1.50. The molecule has 3 aromatic rings. The second-order valence-corrected chi connectivity index (χ2v) is 12.4. The molecular formula is C32H43N3O6S. The predicted molar refractivity (Wildman–Crippen MR) is 169 cm³/mol. The minimum Gasteiger partial charge on any atom is -0.492 e.